The Balaban J connectivity index is 2.03. The van der Waals surface area contributed by atoms with Gasteiger partial charge < -0.3 is 10.1 Å². The van der Waals surface area contributed by atoms with E-state index in [1.54, 1.807) is 30.3 Å². The maximum absolute atomic E-state index is 12.9. The number of hydrogen-bond donors (Lipinski definition) is 1. The molecule has 0 unspecified atom stereocenters. The first-order chi connectivity index (χ1) is 11.1. The fourth-order valence-corrected chi connectivity index (χ4v) is 2.52. The summed E-state index contributed by atoms with van der Waals surface area (Å²) in [5.74, 6) is -0.269. The van der Waals surface area contributed by atoms with Crippen LogP contribution >= 0.6 is 11.6 Å². The summed E-state index contributed by atoms with van der Waals surface area (Å²) >= 11 is 6.15. The van der Waals surface area contributed by atoms with Crippen LogP contribution in [0.2, 0.25) is 5.02 Å². The van der Waals surface area contributed by atoms with E-state index >= 15 is 0 Å². The van der Waals surface area contributed by atoms with Gasteiger partial charge in [-0.05, 0) is 41.5 Å². The van der Waals surface area contributed by atoms with Gasteiger partial charge in [0.2, 0.25) is 0 Å². The molecule has 2 aromatic rings. The van der Waals surface area contributed by atoms with Gasteiger partial charge in [-0.15, -0.1) is 0 Å². The third kappa shape index (κ3) is 3.24. The molecule has 0 aliphatic carbocycles. The molecular formula is C17H11ClFNO3. The highest BCUT2D eigenvalue weighted by atomic mass is 35.5. The molecule has 1 N–H and O–H groups in total. The van der Waals surface area contributed by atoms with Crippen molar-refractivity contribution in [2.24, 2.45) is 0 Å². The molecule has 23 heavy (non-hydrogen) atoms. The summed E-state index contributed by atoms with van der Waals surface area (Å²) in [5, 5.41) is 2.95. The van der Waals surface area contributed by atoms with E-state index in [0.717, 1.165) is 0 Å². The van der Waals surface area contributed by atoms with Crippen molar-refractivity contribution >= 4 is 41.1 Å². The first-order valence-corrected chi connectivity index (χ1v) is 7.13. The SMILES string of the molecule is O=C/C(=C/c1ccc(F)cc1)c1cc(Cl)c2c(c1)NC(=O)CO2. The first kappa shape index (κ1) is 15.2. The number of halogens is 2. The number of aldehydes is 1. The highest BCUT2D eigenvalue weighted by Gasteiger charge is 2.20. The summed E-state index contributed by atoms with van der Waals surface area (Å²) in [6, 6.07) is 8.93. The molecule has 116 valence electrons. The van der Waals surface area contributed by atoms with Crippen molar-refractivity contribution in [2.45, 2.75) is 0 Å². The van der Waals surface area contributed by atoms with E-state index in [4.69, 9.17) is 16.3 Å². The van der Waals surface area contributed by atoms with Crippen LogP contribution < -0.4 is 10.1 Å². The number of carbonyl (C=O) groups is 2. The van der Waals surface area contributed by atoms with Crippen LogP contribution in [0.3, 0.4) is 0 Å². The van der Waals surface area contributed by atoms with Gasteiger partial charge in [-0.3, -0.25) is 9.59 Å². The second kappa shape index (κ2) is 6.22. The number of amides is 1. The number of hydrogen-bond acceptors (Lipinski definition) is 3. The Morgan fingerprint density at radius 1 is 1.26 bits per heavy atom. The molecule has 0 saturated carbocycles. The first-order valence-electron chi connectivity index (χ1n) is 6.76. The lowest BCUT2D eigenvalue weighted by Gasteiger charge is -2.20. The molecule has 1 aliphatic heterocycles. The van der Waals surface area contributed by atoms with Crippen molar-refractivity contribution in [3.63, 3.8) is 0 Å². The van der Waals surface area contributed by atoms with E-state index in [0.29, 0.717) is 39.4 Å². The number of rotatable bonds is 3. The van der Waals surface area contributed by atoms with Crippen LogP contribution in [0.1, 0.15) is 11.1 Å². The second-order valence-corrected chi connectivity index (χ2v) is 5.35. The minimum Gasteiger partial charge on any atom is -0.480 e. The van der Waals surface area contributed by atoms with Crippen molar-refractivity contribution < 1.29 is 18.7 Å². The van der Waals surface area contributed by atoms with E-state index in [1.165, 1.54) is 12.1 Å². The van der Waals surface area contributed by atoms with Gasteiger partial charge in [-0.2, -0.15) is 0 Å². The molecule has 6 heteroatoms. The number of allylic oxidation sites excluding steroid dienone is 1. The van der Waals surface area contributed by atoms with Gasteiger partial charge in [0.15, 0.2) is 18.6 Å². The van der Waals surface area contributed by atoms with E-state index in [2.05, 4.69) is 5.32 Å². The fraction of sp³-hybridized carbons (Fsp3) is 0.0588. The normalized spacial score (nSPS) is 13.8. The zero-order chi connectivity index (χ0) is 16.4. The molecule has 1 aliphatic rings. The van der Waals surface area contributed by atoms with Gasteiger partial charge in [0.05, 0.1) is 10.7 Å². The summed E-state index contributed by atoms with van der Waals surface area (Å²) in [5.41, 5.74) is 1.96. The number of benzene rings is 2. The van der Waals surface area contributed by atoms with Crippen LogP contribution in [0.15, 0.2) is 36.4 Å². The van der Waals surface area contributed by atoms with Gasteiger partial charge in [-0.1, -0.05) is 23.7 Å². The molecule has 0 saturated heterocycles. The summed E-state index contributed by atoms with van der Waals surface area (Å²) in [7, 11) is 0. The molecule has 3 rings (SSSR count). The highest BCUT2D eigenvalue weighted by Crippen LogP contribution is 2.38. The Labute approximate surface area is 136 Å². The summed E-state index contributed by atoms with van der Waals surface area (Å²) in [4.78, 5) is 22.8. The zero-order valence-electron chi connectivity index (χ0n) is 11.8. The highest BCUT2D eigenvalue weighted by molar-refractivity contribution is 6.33. The summed E-state index contributed by atoms with van der Waals surface area (Å²) < 4.78 is 18.2. The molecular weight excluding hydrogens is 321 g/mol. The molecule has 1 amide bonds. The topological polar surface area (TPSA) is 55.4 Å². The summed E-state index contributed by atoms with van der Waals surface area (Å²) in [6.45, 7) is -0.0992. The number of nitrogens with one attached hydrogen (secondary N) is 1. The van der Waals surface area contributed by atoms with E-state index in [1.807, 2.05) is 0 Å². The molecule has 0 radical (unpaired) electrons. The zero-order valence-corrected chi connectivity index (χ0v) is 12.6. The predicted molar refractivity (Wildman–Crippen MR) is 85.9 cm³/mol. The van der Waals surface area contributed by atoms with Crippen molar-refractivity contribution in [3.8, 4) is 5.75 Å². The van der Waals surface area contributed by atoms with E-state index in [9.17, 15) is 14.0 Å². The van der Waals surface area contributed by atoms with Crippen LogP contribution in [0.4, 0.5) is 10.1 Å². The molecule has 4 nitrogen and oxygen atoms in total. The lowest BCUT2D eigenvalue weighted by atomic mass is 10.0. The predicted octanol–water partition coefficient (Wildman–Crippen LogP) is 3.55. The van der Waals surface area contributed by atoms with Crippen LogP contribution in [-0.2, 0) is 9.59 Å². The van der Waals surface area contributed by atoms with Crippen molar-refractivity contribution in [3.05, 3.63) is 58.4 Å². The Hall–Kier alpha value is -2.66. The molecule has 2 aromatic carbocycles. The average molecular weight is 332 g/mol. The quantitative estimate of drug-likeness (QED) is 0.531. The van der Waals surface area contributed by atoms with Crippen LogP contribution in [0, 0.1) is 5.82 Å². The lowest BCUT2D eigenvalue weighted by Crippen LogP contribution is -2.25. The minimum atomic E-state index is -0.355. The second-order valence-electron chi connectivity index (χ2n) is 4.94. The van der Waals surface area contributed by atoms with Gasteiger partial charge in [0.1, 0.15) is 5.82 Å². The van der Waals surface area contributed by atoms with Gasteiger partial charge in [0, 0.05) is 5.57 Å². The Morgan fingerprint density at radius 3 is 2.70 bits per heavy atom. The number of fused-ring (bicyclic) bond motifs is 1. The molecule has 0 spiro atoms. The molecule has 0 atom stereocenters. The van der Waals surface area contributed by atoms with Crippen LogP contribution in [-0.4, -0.2) is 18.8 Å². The van der Waals surface area contributed by atoms with Crippen LogP contribution in [0.25, 0.3) is 11.6 Å². The minimum absolute atomic E-state index is 0.0992. The average Bonchev–Trinajstić information content (AvgIpc) is 2.53. The monoisotopic (exact) mass is 331 g/mol. The number of anilines is 1. The maximum atomic E-state index is 12.9. The fourth-order valence-electron chi connectivity index (χ4n) is 2.25. The van der Waals surface area contributed by atoms with Crippen LogP contribution in [0.5, 0.6) is 5.75 Å². The Kier molecular flexibility index (Phi) is 4.12. The summed E-state index contributed by atoms with van der Waals surface area (Å²) in [6.07, 6.45) is 2.28. The standard InChI is InChI=1S/C17H11ClFNO3/c18-14-6-11(7-15-17(14)23-9-16(22)20-15)12(8-21)5-10-1-3-13(19)4-2-10/h1-8H,9H2,(H,20,22)/b12-5-. The van der Waals surface area contributed by atoms with E-state index in [-0.39, 0.29) is 18.3 Å². The van der Waals surface area contributed by atoms with Gasteiger partial charge >= 0.3 is 0 Å². The third-order valence-electron chi connectivity index (χ3n) is 3.32. The lowest BCUT2D eigenvalue weighted by molar-refractivity contribution is -0.118. The van der Waals surface area contributed by atoms with Gasteiger partial charge in [0.25, 0.3) is 5.91 Å². The third-order valence-corrected chi connectivity index (χ3v) is 3.60. The van der Waals surface area contributed by atoms with E-state index < -0.39 is 0 Å². The van der Waals surface area contributed by atoms with Gasteiger partial charge in [-0.25, -0.2) is 4.39 Å². The maximum Gasteiger partial charge on any atom is 0.262 e. The molecule has 1 heterocycles. The molecule has 0 fully saturated rings. The smallest absolute Gasteiger partial charge is 0.262 e. The number of carbonyl (C=O) groups excluding carboxylic acids is 2. The van der Waals surface area contributed by atoms with Crippen molar-refractivity contribution in [2.75, 3.05) is 11.9 Å². The van der Waals surface area contributed by atoms with Crippen molar-refractivity contribution in [1.82, 2.24) is 0 Å². The van der Waals surface area contributed by atoms with Crippen molar-refractivity contribution in [1.29, 1.82) is 0 Å². The molecule has 0 aromatic heterocycles. The largest absolute Gasteiger partial charge is 0.480 e. The number of ether oxygens (including phenoxy) is 1. The Morgan fingerprint density at radius 2 is 2.00 bits per heavy atom. The Bertz CT molecular complexity index is 815. The molecule has 0 bridgehead atoms.